The lowest BCUT2D eigenvalue weighted by molar-refractivity contribution is 0.319. The van der Waals surface area contributed by atoms with Crippen molar-refractivity contribution in [2.24, 2.45) is 5.92 Å². The van der Waals surface area contributed by atoms with Crippen LogP contribution in [0.2, 0.25) is 0 Å². The zero-order valence-corrected chi connectivity index (χ0v) is 14.9. The van der Waals surface area contributed by atoms with Crippen molar-refractivity contribution in [3.63, 3.8) is 0 Å². The maximum atomic E-state index is 5.48. The molecule has 0 bridgehead atoms. The van der Waals surface area contributed by atoms with Crippen LogP contribution in [-0.2, 0) is 6.54 Å². The molecule has 1 saturated carbocycles. The minimum absolute atomic E-state index is 0.683. The van der Waals surface area contributed by atoms with Crippen LogP contribution in [0.3, 0.4) is 0 Å². The summed E-state index contributed by atoms with van der Waals surface area (Å²) in [7, 11) is 0. The molecule has 24 heavy (non-hydrogen) atoms. The molecule has 4 rings (SSSR count). The second kappa shape index (κ2) is 6.94. The SMILES string of the molecule is S=c1[nH]nc(-c2snnc2-c2ccccc2)n1CC1CCCCC1. The fourth-order valence-corrected chi connectivity index (χ4v) is 4.30. The monoisotopic (exact) mass is 357 g/mol. The second-order valence-corrected chi connectivity index (χ2v) is 7.42. The Hall–Kier alpha value is -1.86. The molecule has 1 aliphatic rings. The van der Waals surface area contributed by atoms with Gasteiger partial charge in [-0.1, -0.05) is 54.1 Å². The van der Waals surface area contributed by atoms with Gasteiger partial charge in [0, 0.05) is 12.1 Å². The molecule has 0 amide bonds. The van der Waals surface area contributed by atoms with Gasteiger partial charge in [0.15, 0.2) is 10.6 Å². The number of hydrogen-bond acceptors (Lipinski definition) is 5. The van der Waals surface area contributed by atoms with Crippen LogP contribution in [-0.4, -0.2) is 24.4 Å². The highest BCUT2D eigenvalue weighted by Gasteiger charge is 2.21. The average Bonchev–Trinajstić information content (AvgIpc) is 3.24. The van der Waals surface area contributed by atoms with E-state index in [4.69, 9.17) is 12.2 Å². The summed E-state index contributed by atoms with van der Waals surface area (Å²) in [6, 6.07) is 10.1. The largest absolute Gasteiger partial charge is 0.299 e. The van der Waals surface area contributed by atoms with Gasteiger partial charge < -0.3 is 0 Å². The van der Waals surface area contributed by atoms with Crippen LogP contribution < -0.4 is 0 Å². The Balaban J connectivity index is 1.71. The summed E-state index contributed by atoms with van der Waals surface area (Å²) in [5.74, 6) is 1.54. The van der Waals surface area contributed by atoms with Gasteiger partial charge in [0.05, 0.1) is 0 Å². The topological polar surface area (TPSA) is 59.4 Å². The average molecular weight is 358 g/mol. The second-order valence-electron chi connectivity index (χ2n) is 6.28. The lowest BCUT2D eigenvalue weighted by atomic mass is 9.89. The number of aromatic nitrogens is 5. The van der Waals surface area contributed by atoms with E-state index < -0.39 is 0 Å². The summed E-state index contributed by atoms with van der Waals surface area (Å²) in [5, 5.41) is 11.8. The van der Waals surface area contributed by atoms with Gasteiger partial charge >= 0.3 is 0 Å². The first-order valence-corrected chi connectivity index (χ1v) is 9.54. The molecule has 1 aromatic carbocycles. The van der Waals surface area contributed by atoms with Crippen molar-refractivity contribution < 1.29 is 0 Å². The first-order chi connectivity index (χ1) is 11.8. The summed E-state index contributed by atoms with van der Waals surface area (Å²) in [6.45, 7) is 0.927. The van der Waals surface area contributed by atoms with Crippen LogP contribution in [0, 0.1) is 10.7 Å². The molecule has 0 spiro atoms. The van der Waals surface area contributed by atoms with E-state index in [0.29, 0.717) is 10.7 Å². The number of hydrogen-bond donors (Lipinski definition) is 1. The summed E-state index contributed by atoms with van der Waals surface area (Å²) >= 11 is 6.86. The van der Waals surface area contributed by atoms with Crippen molar-refractivity contribution >= 4 is 23.8 Å². The van der Waals surface area contributed by atoms with Crippen molar-refractivity contribution in [1.29, 1.82) is 0 Å². The fraction of sp³-hybridized carbons (Fsp3) is 0.412. The van der Waals surface area contributed by atoms with Crippen LogP contribution in [0.15, 0.2) is 30.3 Å². The standard InChI is InChI=1S/C17H19N5S2/c23-17-20-19-16(22(17)11-12-7-3-1-4-8-12)15-14(18-21-24-15)13-9-5-2-6-10-13/h2,5-6,9-10,12H,1,3-4,7-8,11H2,(H,20,23). The van der Waals surface area contributed by atoms with E-state index in [-0.39, 0.29) is 0 Å². The molecule has 0 unspecified atom stereocenters. The van der Waals surface area contributed by atoms with E-state index in [9.17, 15) is 0 Å². The van der Waals surface area contributed by atoms with Gasteiger partial charge in [-0.3, -0.25) is 9.67 Å². The lowest BCUT2D eigenvalue weighted by Crippen LogP contribution is -2.15. The van der Waals surface area contributed by atoms with Gasteiger partial charge in [-0.25, -0.2) is 0 Å². The molecule has 124 valence electrons. The van der Waals surface area contributed by atoms with E-state index in [1.807, 2.05) is 30.3 Å². The Bertz CT molecular complexity index is 858. The third-order valence-electron chi connectivity index (χ3n) is 4.66. The van der Waals surface area contributed by atoms with Crippen molar-refractivity contribution in [2.45, 2.75) is 38.6 Å². The Kier molecular flexibility index (Phi) is 4.53. The molecular formula is C17H19N5S2. The van der Waals surface area contributed by atoms with E-state index in [0.717, 1.165) is 28.5 Å². The molecule has 7 heteroatoms. The van der Waals surface area contributed by atoms with Crippen LogP contribution in [0.25, 0.3) is 22.0 Å². The van der Waals surface area contributed by atoms with E-state index in [1.54, 1.807) is 0 Å². The first kappa shape index (κ1) is 15.7. The predicted molar refractivity (Wildman–Crippen MR) is 98.3 cm³/mol. The molecule has 1 N–H and O–H groups in total. The van der Waals surface area contributed by atoms with E-state index >= 15 is 0 Å². The third-order valence-corrected chi connectivity index (χ3v) is 5.70. The Morgan fingerprint density at radius 1 is 1.17 bits per heavy atom. The lowest BCUT2D eigenvalue weighted by Gasteiger charge is -2.22. The van der Waals surface area contributed by atoms with Crippen molar-refractivity contribution in [3.8, 4) is 22.0 Å². The molecule has 0 atom stereocenters. The van der Waals surface area contributed by atoms with Crippen molar-refractivity contribution in [1.82, 2.24) is 24.4 Å². The summed E-state index contributed by atoms with van der Waals surface area (Å²) < 4.78 is 6.98. The van der Waals surface area contributed by atoms with Crippen LogP contribution in [0.4, 0.5) is 0 Å². The minimum atomic E-state index is 0.683. The van der Waals surface area contributed by atoms with Gasteiger partial charge in [0.25, 0.3) is 0 Å². The van der Waals surface area contributed by atoms with Crippen molar-refractivity contribution in [2.75, 3.05) is 0 Å². The maximum absolute atomic E-state index is 5.48. The van der Waals surface area contributed by atoms with Gasteiger partial charge in [-0.15, -0.1) is 5.10 Å². The van der Waals surface area contributed by atoms with Gasteiger partial charge in [0.1, 0.15) is 10.6 Å². The molecule has 2 heterocycles. The van der Waals surface area contributed by atoms with Gasteiger partial charge in [0.2, 0.25) is 0 Å². The van der Waals surface area contributed by atoms with E-state index in [1.165, 1.54) is 43.6 Å². The normalized spacial score (nSPS) is 15.7. The Morgan fingerprint density at radius 2 is 1.96 bits per heavy atom. The highest BCUT2D eigenvalue weighted by Crippen LogP contribution is 2.33. The summed E-state index contributed by atoms with van der Waals surface area (Å²) in [4.78, 5) is 0.976. The smallest absolute Gasteiger partial charge is 0.195 e. The van der Waals surface area contributed by atoms with Crippen molar-refractivity contribution in [3.05, 3.63) is 35.1 Å². The Morgan fingerprint density at radius 3 is 2.75 bits per heavy atom. The van der Waals surface area contributed by atoms with Crippen LogP contribution in [0.5, 0.6) is 0 Å². The molecule has 0 aliphatic heterocycles. The third kappa shape index (κ3) is 3.06. The summed E-state index contributed by atoms with van der Waals surface area (Å²) in [5.41, 5.74) is 1.93. The zero-order valence-electron chi connectivity index (χ0n) is 13.3. The molecule has 1 aliphatic carbocycles. The van der Waals surface area contributed by atoms with Crippen LogP contribution >= 0.6 is 23.8 Å². The van der Waals surface area contributed by atoms with Gasteiger partial charge in [-0.2, -0.15) is 5.10 Å². The highest BCUT2D eigenvalue weighted by atomic mass is 32.1. The van der Waals surface area contributed by atoms with Gasteiger partial charge in [-0.05, 0) is 42.5 Å². The predicted octanol–water partition coefficient (Wildman–Crippen LogP) is 4.71. The number of benzene rings is 1. The summed E-state index contributed by atoms with van der Waals surface area (Å²) in [6.07, 6.45) is 6.56. The number of nitrogens with one attached hydrogen (secondary N) is 1. The molecule has 5 nitrogen and oxygen atoms in total. The molecule has 2 aromatic heterocycles. The molecule has 0 radical (unpaired) electrons. The maximum Gasteiger partial charge on any atom is 0.195 e. The number of nitrogens with zero attached hydrogens (tertiary/aromatic N) is 4. The molecule has 0 saturated heterocycles. The minimum Gasteiger partial charge on any atom is -0.299 e. The molecule has 1 fully saturated rings. The fourth-order valence-electron chi connectivity index (χ4n) is 3.41. The molecular weight excluding hydrogens is 338 g/mol. The number of aromatic amines is 1. The van der Waals surface area contributed by atoms with Crippen LogP contribution in [0.1, 0.15) is 32.1 Å². The number of H-pyrrole nitrogens is 1. The zero-order chi connectivity index (χ0) is 16.4. The van der Waals surface area contributed by atoms with E-state index in [2.05, 4.69) is 24.4 Å². The number of rotatable bonds is 4. The first-order valence-electron chi connectivity index (χ1n) is 8.36. The molecule has 3 aromatic rings. The highest BCUT2D eigenvalue weighted by molar-refractivity contribution is 7.71. The Labute approximate surface area is 149 Å². The quantitative estimate of drug-likeness (QED) is 0.687.